The van der Waals surface area contributed by atoms with E-state index in [9.17, 15) is 18.4 Å². The van der Waals surface area contributed by atoms with Crippen LogP contribution in [0.15, 0.2) is 164 Å². The number of rotatable bonds is 6. The summed E-state index contributed by atoms with van der Waals surface area (Å²) in [4.78, 5) is 15.5. The number of benzene rings is 8. The predicted molar refractivity (Wildman–Crippen MR) is 259 cm³/mol. The lowest BCUT2D eigenvalue weighted by atomic mass is 9.97. The molecule has 6 nitrogen and oxygen atoms in total. The fourth-order valence-corrected chi connectivity index (χ4v) is 9.34. The molecule has 0 aliphatic rings. The standard InChI is InChI=1S/C57H39F3N6/c1-33-14-22-48-44(26-33)45-27-34(2)15-23-49(45)65(48)52-30-38(41-13-9-8-12-39(41)32-61)18-20-42(52)55-62-54(37-10-6-5-7-11-37)63-56(64-55)43-21-19-40(57(58,59)60)31-53(43)66-50-24-16-35(3)28-46(50)47-29-36(4)17-25-51(47)66/h5-31H,1-4H3. The van der Waals surface area contributed by atoms with E-state index in [1.165, 1.54) is 12.1 Å². The molecule has 0 radical (unpaired) electrons. The quantitative estimate of drug-likeness (QED) is 0.167. The summed E-state index contributed by atoms with van der Waals surface area (Å²) in [6.07, 6.45) is -4.63. The summed E-state index contributed by atoms with van der Waals surface area (Å²) in [6, 6.07) is 54.1. The van der Waals surface area contributed by atoms with Crippen molar-refractivity contribution in [2.75, 3.05) is 0 Å². The monoisotopic (exact) mass is 864 g/mol. The Morgan fingerprint density at radius 2 is 0.864 bits per heavy atom. The molecule has 0 unspecified atom stereocenters. The number of nitriles is 1. The molecule has 0 aliphatic carbocycles. The van der Waals surface area contributed by atoms with Crippen molar-refractivity contribution < 1.29 is 13.2 Å². The molecule has 0 bridgehead atoms. The minimum Gasteiger partial charge on any atom is -0.308 e. The number of fused-ring (bicyclic) bond motifs is 6. The van der Waals surface area contributed by atoms with Gasteiger partial charge in [0, 0.05) is 38.2 Å². The van der Waals surface area contributed by atoms with Gasteiger partial charge in [-0.2, -0.15) is 18.4 Å². The van der Waals surface area contributed by atoms with Gasteiger partial charge in [0.15, 0.2) is 17.5 Å². The van der Waals surface area contributed by atoms with E-state index in [0.29, 0.717) is 33.9 Å². The average Bonchev–Trinajstić information content (AvgIpc) is 3.81. The van der Waals surface area contributed by atoms with E-state index in [1.807, 2.05) is 103 Å². The number of aryl methyl sites for hydroxylation is 4. The van der Waals surface area contributed by atoms with Gasteiger partial charge in [0.1, 0.15) is 0 Å². The van der Waals surface area contributed by atoms with Crippen LogP contribution in [0.2, 0.25) is 0 Å². The van der Waals surface area contributed by atoms with Gasteiger partial charge in [-0.05, 0) is 124 Å². The van der Waals surface area contributed by atoms with Crippen LogP contribution in [0.4, 0.5) is 13.2 Å². The fourth-order valence-electron chi connectivity index (χ4n) is 9.34. The molecule has 11 aromatic rings. The molecule has 8 aromatic carbocycles. The van der Waals surface area contributed by atoms with E-state index in [2.05, 4.69) is 79.1 Å². The van der Waals surface area contributed by atoms with Crippen LogP contribution in [0.1, 0.15) is 33.4 Å². The summed E-state index contributed by atoms with van der Waals surface area (Å²) in [5.41, 5.74) is 11.9. The molecule has 0 saturated carbocycles. The highest BCUT2D eigenvalue weighted by atomic mass is 19.4. The van der Waals surface area contributed by atoms with Crippen molar-refractivity contribution in [2.45, 2.75) is 33.9 Å². The average molecular weight is 865 g/mol. The van der Waals surface area contributed by atoms with Gasteiger partial charge in [0.2, 0.25) is 0 Å². The fraction of sp³-hybridized carbons (Fsp3) is 0.0877. The van der Waals surface area contributed by atoms with E-state index >= 15 is 0 Å². The summed E-state index contributed by atoms with van der Waals surface area (Å²) in [7, 11) is 0. The van der Waals surface area contributed by atoms with Crippen molar-refractivity contribution in [1.29, 1.82) is 5.26 Å². The lowest BCUT2D eigenvalue weighted by molar-refractivity contribution is -0.137. The molecule has 3 aromatic heterocycles. The summed E-state index contributed by atoms with van der Waals surface area (Å²) in [6.45, 7) is 8.18. The van der Waals surface area contributed by atoms with Crippen LogP contribution in [0.5, 0.6) is 0 Å². The van der Waals surface area contributed by atoms with Crippen LogP contribution in [-0.4, -0.2) is 24.1 Å². The molecule has 3 heterocycles. The smallest absolute Gasteiger partial charge is 0.308 e. The second-order valence-electron chi connectivity index (χ2n) is 17.0. The number of alkyl halides is 3. The van der Waals surface area contributed by atoms with Crippen LogP contribution in [0.3, 0.4) is 0 Å². The largest absolute Gasteiger partial charge is 0.416 e. The second-order valence-corrected chi connectivity index (χ2v) is 17.0. The maximum absolute atomic E-state index is 14.8. The number of hydrogen-bond donors (Lipinski definition) is 0. The first kappa shape index (κ1) is 40.4. The zero-order valence-corrected chi connectivity index (χ0v) is 36.4. The Balaban J connectivity index is 1.24. The number of hydrogen-bond acceptors (Lipinski definition) is 4. The highest BCUT2D eigenvalue weighted by Crippen LogP contribution is 2.42. The van der Waals surface area contributed by atoms with Crippen molar-refractivity contribution >= 4 is 43.6 Å². The van der Waals surface area contributed by atoms with Gasteiger partial charge >= 0.3 is 6.18 Å². The molecule has 0 N–H and O–H groups in total. The van der Waals surface area contributed by atoms with Gasteiger partial charge in [-0.3, -0.25) is 0 Å². The maximum atomic E-state index is 14.8. The van der Waals surface area contributed by atoms with Gasteiger partial charge in [-0.15, -0.1) is 0 Å². The Hall–Kier alpha value is -8.35. The first-order valence-corrected chi connectivity index (χ1v) is 21.6. The van der Waals surface area contributed by atoms with Crippen LogP contribution < -0.4 is 0 Å². The Morgan fingerprint density at radius 3 is 1.35 bits per heavy atom. The third-order valence-electron chi connectivity index (χ3n) is 12.5. The molecular weight excluding hydrogens is 826 g/mol. The minimum atomic E-state index is -4.63. The van der Waals surface area contributed by atoms with Crippen LogP contribution in [0.25, 0.3) is 100 Å². The van der Waals surface area contributed by atoms with E-state index in [4.69, 9.17) is 15.0 Å². The third-order valence-corrected chi connectivity index (χ3v) is 12.5. The van der Waals surface area contributed by atoms with Gasteiger partial charge in [-0.1, -0.05) is 101 Å². The topological polar surface area (TPSA) is 72.3 Å². The highest BCUT2D eigenvalue weighted by molar-refractivity contribution is 6.11. The number of nitrogens with zero attached hydrogens (tertiary/aromatic N) is 6. The summed E-state index contributed by atoms with van der Waals surface area (Å²) in [5, 5.41) is 14.2. The van der Waals surface area contributed by atoms with Crippen LogP contribution in [0, 0.1) is 39.0 Å². The molecule has 318 valence electrons. The van der Waals surface area contributed by atoms with Gasteiger partial charge in [0.25, 0.3) is 0 Å². The zero-order valence-electron chi connectivity index (χ0n) is 36.4. The van der Waals surface area contributed by atoms with E-state index in [0.717, 1.165) is 88.7 Å². The van der Waals surface area contributed by atoms with Gasteiger partial charge < -0.3 is 9.13 Å². The van der Waals surface area contributed by atoms with Crippen molar-refractivity contribution in [3.8, 4) is 62.7 Å². The van der Waals surface area contributed by atoms with Crippen molar-refractivity contribution in [2.24, 2.45) is 0 Å². The Labute approximate surface area is 378 Å². The number of aromatic nitrogens is 5. The minimum absolute atomic E-state index is 0.204. The molecule has 0 aliphatic heterocycles. The first-order valence-electron chi connectivity index (χ1n) is 21.6. The van der Waals surface area contributed by atoms with E-state index in [1.54, 1.807) is 6.07 Å². The Morgan fingerprint density at radius 1 is 0.424 bits per heavy atom. The molecule has 0 spiro atoms. The maximum Gasteiger partial charge on any atom is 0.416 e. The summed E-state index contributed by atoms with van der Waals surface area (Å²) in [5.74, 6) is 0.880. The van der Waals surface area contributed by atoms with Crippen LogP contribution in [-0.2, 0) is 6.18 Å². The molecule has 0 atom stereocenters. The van der Waals surface area contributed by atoms with E-state index in [-0.39, 0.29) is 11.5 Å². The summed E-state index contributed by atoms with van der Waals surface area (Å²) >= 11 is 0. The molecule has 0 fully saturated rings. The Kier molecular flexibility index (Phi) is 9.45. The molecular formula is C57H39F3N6. The normalized spacial score (nSPS) is 11.8. The van der Waals surface area contributed by atoms with Gasteiger partial charge in [0.05, 0.1) is 50.6 Å². The first-order chi connectivity index (χ1) is 31.9. The molecule has 0 amide bonds. The van der Waals surface area contributed by atoms with Crippen LogP contribution >= 0.6 is 0 Å². The van der Waals surface area contributed by atoms with Gasteiger partial charge in [-0.25, -0.2) is 15.0 Å². The lowest BCUT2D eigenvalue weighted by Crippen LogP contribution is -2.09. The predicted octanol–water partition coefficient (Wildman–Crippen LogP) is 14.9. The molecule has 11 rings (SSSR count). The van der Waals surface area contributed by atoms with E-state index < -0.39 is 11.7 Å². The highest BCUT2D eigenvalue weighted by Gasteiger charge is 2.32. The van der Waals surface area contributed by atoms with Crippen molar-refractivity contribution in [3.05, 3.63) is 197 Å². The third kappa shape index (κ3) is 6.77. The summed E-state index contributed by atoms with van der Waals surface area (Å²) < 4.78 is 48.6. The van der Waals surface area contributed by atoms with Crippen molar-refractivity contribution in [3.63, 3.8) is 0 Å². The Bertz CT molecular complexity index is 3700. The lowest BCUT2D eigenvalue weighted by Gasteiger charge is -2.18. The molecule has 9 heteroatoms. The second kappa shape index (κ2) is 15.4. The molecule has 66 heavy (non-hydrogen) atoms. The zero-order chi connectivity index (χ0) is 45.4. The molecule has 0 saturated heterocycles. The van der Waals surface area contributed by atoms with Crippen molar-refractivity contribution in [1.82, 2.24) is 24.1 Å². The SMILES string of the molecule is Cc1ccc2c(c1)c1cc(C)ccc1n2-c1cc(-c2ccccc2C#N)ccc1-c1nc(-c2ccccc2)nc(-c2ccc(C(F)(F)F)cc2-n2c3ccc(C)cc3c3cc(C)ccc32)n1. The number of halogens is 3.